The monoisotopic (exact) mass is 519 g/mol. The number of carbonyl (C=O) groups excluding carboxylic acids is 2. The molecule has 0 unspecified atom stereocenters. The van der Waals surface area contributed by atoms with Crippen molar-refractivity contribution in [2.45, 2.75) is 52.7 Å². The summed E-state index contributed by atoms with van der Waals surface area (Å²) >= 11 is 0. The van der Waals surface area contributed by atoms with E-state index in [4.69, 9.17) is 14.2 Å². The fraction of sp³-hybridized carbons (Fsp3) is 0.276. The zero-order valence-electron chi connectivity index (χ0n) is 22.2. The van der Waals surface area contributed by atoms with Gasteiger partial charge in [-0.15, -0.1) is 0 Å². The van der Waals surface area contributed by atoms with Gasteiger partial charge in [0.15, 0.2) is 17.2 Å². The summed E-state index contributed by atoms with van der Waals surface area (Å²) in [6.07, 6.45) is 1.82. The molecule has 4 aromatic rings. The van der Waals surface area contributed by atoms with Crippen molar-refractivity contribution >= 4 is 28.9 Å². The minimum absolute atomic E-state index is 0.0729. The summed E-state index contributed by atoms with van der Waals surface area (Å²) in [5.41, 5.74) is 0.592. The molecule has 2 aromatic heterocycles. The predicted octanol–water partition coefficient (Wildman–Crippen LogP) is 7.76. The number of aromatic nitrogens is 2. The summed E-state index contributed by atoms with van der Waals surface area (Å²) in [5, 5.41) is 3.02. The van der Waals surface area contributed by atoms with Crippen LogP contribution in [-0.4, -0.2) is 32.9 Å². The molecule has 0 fully saturated rings. The summed E-state index contributed by atoms with van der Waals surface area (Å²) in [6.45, 7) is 10.5. The fourth-order valence-corrected chi connectivity index (χ4v) is 3.70. The number of ether oxygens (including phenoxy) is 3. The highest BCUT2D eigenvalue weighted by Gasteiger charge is 2.24. The number of benzene rings is 2. The maximum absolute atomic E-state index is 15.1. The minimum Gasteiger partial charge on any atom is -0.453 e. The number of anilines is 1. The van der Waals surface area contributed by atoms with Crippen molar-refractivity contribution < 1.29 is 28.2 Å². The molecule has 0 bridgehead atoms. The lowest BCUT2D eigenvalue weighted by Crippen LogP contribution is -2.27. The Kier molecular flexibility index (Phi) is 7.13. The van der Waals surface area contributed by atoms with Gasteiger partial charge in [-0.3, -0.25) is 5.32 Å². The van der Waals surface area contributed by atoms with Crippen LogP contribution >= 0.6 is 0 Å². The molecule has 1 N–H and O–H groups in total. The van der Waals surface area contributed by atoms with Gasteiger partial charge in [0.05, 0.1) is 5.39 Å². The van der Waals surface area contributed by atoms with E-state index in [0.29, 0.717) is 22.3 Å². The Morgan fingerprint density at radius 2 is 1.58 bits per heavy atom. The van der Waals surface area contributed by atoms with Gasteiger partial charge in [0.25, 0.3) is 0 Å². The predicted molar refractivity (Wildman–Crippen MR) is 143 cm³/mol. The highest BCUT2D eigenvalue weighted by Crippen LogP contribution is 2.39. The second-order valence-corrected chi connectivity index (χ2v) is 10.6. The molecule has 1 amide bonds. The average Bonchev–Trinajstić information content (AvgIpc) is 3.20. The van der Waals surface area contributed by atoms with Crippen molar-refractivity contribution in [2.75, 3.05) is 5.32 Å². The van der Waals surface area contributed by atoms with Crippen LogP contribution in [0.1, 0.15) is 41.5 Å². The molecule has 4 rings (SSSR count). The first-order chi connectivity index (χ1) is 17.8. The van der Waals surface area contributed by atoms with E-state index in [1.165, 1.54) is 22.9 Å². The zero-order valence-corrected chi connectivity index (χ0v) is 22.2. The van der Waals surface area contributed by atoms with Crippen LogP contribution in [0.4, 0.5) is 19.7 Å². The molecule has 0 spiro atoms. The summed E-state index contributed by atoms with van der Waals surface area (Å²) in [6, 6.07) is 15.1. The number of pyridine rings is 1. The first-order valence-electron chi connectivity index (χ1n) is 12.1. The van der Waals surface area contributed by atoms with E-state index in [9.17, 15) is 9.59 Å². The van der Waals surface area contributed by atoms with Gasteiger partial charge in [0, 0.05) is 29.7 Å². The van der Waals surface area contributed by atoms with Crippen LogP contribution in [0.15, 0.2) is 67.0 Å². The Morgan fingerprint density at radius 3 is 2.21 bits per heavy atom. The van der Waals surface area contributed by atoms with Crippen LogP contribution in [-0.2, 0) is 9.47 Å². The Morgan fingerprint density at radius 1 is 0.895 bits per heavy atom. The molecule has 0 atom stereocenters. The van der Waals surface area contributed by atoms with E-state index in [-0.39, 0.29) is 11.4 Å². The summed E-state index contributed by atoms with van der Waals surface area (Å²) in [7, 11) is 0. The lowest BCUT2D eigenvalue weighted by atomic mass is 10.1. The van der Waals surface area contributed by atoms with Gasteiger partial charge in [-0.25, -0.2) is 23.5 Å². The Labute approximate surface area is 220 Å². The maximum atomic E-state index is 15.1. The molecule has 0 saturated heterocycles. The number of halogens is 1. The van der Waals surface area contributed by atoms with E-state index in [0.717, 1.165) is 11.6 Å². The largest absolute Gasteiger partial charge is 0.453 e. The topological polar surface area (TPSA) is 91.7 Å². The van der Waals surface area contributed by atoms with Gasteiger partial charge in [0.2, 0.25) is 0 Å². The van der Waals surface area contributed by atoms with Gasteiger partial charge < -0.3 is 14.2 Å². The molecule has 0 aliphatic heterocycles. The van der Waals surface area contributed by atoms with E-state index in [1.54, 1.807) is 53.8 Å². The van der Waals surface area contributed by atoms with Gasteiger partial charge in [-0.05, 0) is 65.3 Å². The summed E-state index contributed by atoms with van der Waals surface area (Å²) < 4.78 is 33.2. The van der Waals surface area contributed by atoms with Gasteiger partial charge in [-0.1, -0.05) is 30.3 Å². The van der Waals surface area contributed by atoms with Gasteiger partial charge in [-0.2, -0.15) is 0 Å². The highest BCUT2D eigenvalue weighted by molar-refractivity contribution is 6.02. The third-order valence-electron chi connectivity index (χ3n) is 5.12. The zero-order chi connectivity index (χ0) is 27.7. The first-order valence-corrected chi connectivity index (χ1v) is 12.1. The van der Waals surface area contributed by atoms with Crippen LogP contribution in [0.25, 0.3) is 22.2 Å². The molecule has 8 nitrogen and oxygen atoms in total. The quantitative estimate of drug-likeness (QED) is 0.296. The van der Waals surface area contributed by atoms with Crippen molar-refractivity contribution in [3.05, 3.63) is 72.8 Å². The molecule has 0 aliphatic carbocycles. The first kappa shape index (κ1) is 26.7. The molecule has 2 aromatic carbocycles. The van der Waals surface area contributed by atoms with Crippen molar-refractivity contribution in [3.63, 3.8) is 0 Å². The highest BCUT2D eigenvalue weighted by atomic mass is 19.1. The molecule has 0 radical (unpaired) electrons. The second-order valence-electron chi connectivity index (χ2n) is 10.6. The average molecular weight is 520 g/mol. The summed E-state index contributed by atoms with van der Waals surface area (Å²) in [5.74, 6) is -0.476. The number of nitrogens with zero attached hydrogens (tertiary/aromatic N) is 2. The third-order valence-corrected chi connectivity index (χ3v) is 5.12. The van der Waals surface area contributed by atoms with Crippen LogP contribution in [0.3, 0.4) is 0 Å². The Hall–Kier alpha value is -4.40. The van der Waals surface area contributed by atoms with E-state index >= 15 is 4.39 Å². The molecular formula is C29H30FN3O5. The normalized spacial score (nSPS) is 11.8. The van der Waals surface area contributed by atoms with Crippen molar-refractivity contribution in [3.8, 4) is 22.6 Å². The van der Waals surface area contributed by atoms with Crippen LogP contribution in [0.2, 0.25) is 0 Å². The second kappa shape index (κ2) is 10.2. The number of carbonyl (C=O) groups is 2. The number of nitrogens with one attached hydrogen (secondary N) is 1. The maximum Gasteiger partial charge on any atom is 0.420 e. The van der Waals surface area contributed by atoms with Crippen molar-refractivity contribution in [1.29, 1.82) is 0 Å². The molecule has 38 heavy (non-hydrogen) atoms. The Bertz CT molecular complexity index is 1480. The standard InChI is InChI=1S/C29H30FN3O5/c1-28(2,3)37-26(34)32-19-12-13-22(21(30)16-19)36-23-14-15-31-25-24(23)20(18-10-8-7-9-11-18)17-33(25)27(35)38-29(4,5)6/h7-17H,1-6H3,(H,32,34). The molecule has 2 heterocycles. The third kappa shape index (κ3) is 6.29. The molecule has 9 heteroatoms. The summed E-state index contributed by atoms with van der Waals surface area (Å²) in [4.78, 5) is 29.5. The van der Waals surface area contributed by atoms with E-state index in [2.05, 4.69) is 10.3 Å². The van der Waals surface area contributed by atoms with Gasteiger partial charge >= 0.3 is 12.2 Å². The van der Waals surface area contributed by atoms with Gasteiger partial charge in [0.1, 0.15) is 17.0 Å². The molecule has 0 aliphatic rings. The molecule has 0 saturated carbocycles. The number of hydrogen-bond acceptors (Lipinski definition) is 6. The number of fused-ring (bicyclic) bond motifs is 1. The van der Waals surface area contributed by atoms with Crippen molar-refractivity contribution in [2.24, 2.45) is 0 Å². The number of rotatable bonds is 4. The lowest BCUT2D eigenvalue weighted by molar-refractivity contribution is 0.0542. The fourth-order valence-electron chi connectivity index (χ4n) is 3.70. The lowest BCUT2D eigenvalue weighted by Gasteiger charge is -2.20. The van der Waals surface area contributed by atoms with Crippen molar-refractivity contribution in [1.82, 2.24) is 9.55 Å². The van der Waals surface area contributed by atoms with Crippen LogP contribution in [0.5, 0.6) is 11.5 Å². The molecule has 198 valence electrons. The van der Waals surface area contributed by atoms with E-state index < -0.39 is 29.2 Å². The minimum atomic E-state index is -0.715. The SMILES string of the molecule is CC(C)(C)OC(=O)Nc1ccc(Oc2ccnc3c2c(-c2ccccc2)cn3C(=O)OC(C)(C)C)c(F)c1. The smallest absolute Gasteiger partial charge is 0.420 e. The molecular weight excluding hydrogens is 489 g/mol. The van der Waals surface area contributed by atoms with Crippen LogP contribution in [0, 0.1) is 5.82 Å². The van der Waals surface area contributed by atoms with Crippen LogP contribution < -0.4 is 10.1 Å². The Balaban J connectivity index is 1.73. The van der Waals surface area contributed by atoms with E-state index in [1.807, 2.05) is 30.3 Å². The number of hydrogen-bond donors (Lipinski definition) is 1. The number of amides is 1.